The van der Waals surface area contributed by atoms with Crippen LogP contribution in [0.4, 0.5) is 5.69 Å². The largest absolute Gasteiger partial charge is 0.494 e. The van der Waals surface area contributed by atoms with Crippen LogP contribution in [0.2, 0.25) is 0 Å². The average molecular weight is 469 g/mol. The SMILES string of the molecule is O=C(NC(=S)Nc1cccc(OCCCc2ccccc2)c1)c1ccccc1Br. The van der Waals surface area contributed by atoms with Gasteiger partial charge in [0, 0.05) is 16.2 Å². The molecule has 1 amide bonds. The van der Waals surface area contributed by atoms with Crippen LogP contribution in [0, 0.1) is 0 Å². The van der Waals surface area contributed by atoms with Crippen LogP contribution in [0.1, 0.15) is 22.3 Å². The summed E-state index contributed by atoms with van der Waals surface area (Å²) in [7, 11) is 0. The van der Waals surface area contributed by atoms with Crippen molar-refractivity contribution in [2.24, 2.45) is 0 Å². The molecule has 3 aromatic rings. The highest BCUT2D eigenvalue weighted by atomic mass is 79.9. The highest BCUT2D eigenvalue weighted by molar-refractivity contribution is 9.10. The first-order valence-electron chi connectivity index (χ1n) is 9.25. The third-order valence-corrected chi connectivity index (χ3v) is 5.05. The van der Waals surface area contributed by atoms with Crippen LogP contribution in [0.15, 0.2) is 83.3 Å². The van der Waals surface area contributed by atoms with Crippen LogP contribution in [-0.2, 0) is 6.42 Å². The first kappa shape index (κ1) is 21.0. The number of hydrogen-bond donors (Lipinski definition) is 2. The maximum atomic E-state index is 12.3. The Morgan fingerprint density at radius 2 is 1.72 bits per heavy atom. The second-order valence-electron chi connectivity index (χ2n) is 6.35. The van der Waals surface area contributed by atoms with E-state index in [4.69, 9.17) is 17.0 Å². The molecule has 0 aromatic heterocycles. The number of rotatable bonds is 7. The molecule has 3 aromatic carbocycles. The summed E-state index contributed by atoms with van der Waals surface area (Å²) in [5.74, 6) is 0.478. The number of thiocarbonyl (C=S) groups is 1. The van der Waals surface area contributed by atoms with Gasteiger partial charge in [-0.2, -0.15) is 0 Å². The number of hydrogen-bond acceptors (Lipinski definition) is 3. The van der Waals surface area contributed by atoms with Gasteiger partial charge < -0.3 is 10.1 Å². The number of nitrogens with one attached hydrogen (secondary N) is 2. The van der Waals surface area contributed by atoms with Crippen molar-refractivity contribution in [3.63, 3.8) is 0 Å². The molecule has 0 aliphatic carbocycles. The Balaban J connectivity index is 1.48. The number of carbonyl (C=O) groups is 1. The van der Waals surface area contributed by atoms with Gasteiger partial charge in [-0.25, -0.2) is 0 Å². The van der Waals surface area contributed by atoms with Gasteiger partial charge in [0.15, 0.2) is 5.11 Å². The zero-order chi connectivity index (χ0) is 20.5. The van der Waals surface area contributed by atoms with E-state index in [0.717, 1.165) is 24.3 Å². The third-order valence-electron chi connectivity index (χ3n) is 4.16. The number of ether oxygens (including phenoxy) is 1. The second kappa shape index (κ2) is 10.7. The molecule has 0 saturated carbocycles. The van der Waals surface area contributed by atoms with Crippen LogP contribution in [0.3, 0.4) is 0 Å². The maximum Gasteiger partial charge on any atom is 0.258 e. The van der Waals surface area contributed by atoms with Gasteiger partial charge >= 0.3 is 0 Å². The van der Waals surface area contributed by atoms with E-state index < -0.39 is 0 Å². The fraction of sp³-hybridized carbons (Fsp3) is 0.130. The zero-order valence-corrected chi connectivity index (χ0v) is 18.1. The van der Waals surface area contributed by atoms with Crippen molar-refractivity contribution < 1.29 is 9.53 Å². The Labute approximate surface area is 184 Å². The lowest BCUT2D eigenvalue weighted by Gasteiger charge is -2.12. The van der Waals surface area contributed by atoms with E-state index in [-0.39, 0.29) is 11.0 Å². The monoisotopic (exact) mass is 468 g/mol. The predicted octanol–water partition coefficient (Wildman–Crippen LogP) is 5.59. The van der Waals surface area contributed by atoms with Crippen LogP contribution in [0.5, 0.6) is 5.75 Å². The van der Waals surface area contributed by atoms with Crippen LogP contribution >= 0.6 is 28.1 Å². The Morgan fingerprint density at radius 3 is 2.52 bits per heavy atom. The van der Waals surface area contributed by atoms with Gasteiger partial charge in [-0.05, 0) is 70.8 Å². The van der Waals surface area contributed by atoms with Crippen LogP contribution in [-0.4, -0.2) is 17.6 Å². The first-order valence-corrected chi connectivity index (χ1v) is 10.5. The predicted molar refractivity (Wildman–Crippen MR) is 125 cm³/mol. The van der Waals surface area contributed by atoms with E-state index in [2.05, 4.69) is 38.7 Å². The Bertz CT molecular complexity index is 979. The van der Waals surface area contributed by atoms with Gasteiger partial charge in [-0.1, -0.05) is 48.5 Å². The lowest BCUT2D eigenvalue weighted by Crippen LogP contribution is -2.34. The molecule has 0 atom stereocenters. The molecule has 0 bridgehead atoms. The van der Waals surface area contributed by atoms with Crippen LogP contribution < -0.4 is 15.4 Å². The van der Waals surface area contributed by atoms with Crippen molar-refractivity contribution in [1.29, 1.82) is 0 Å². The smallest absolute Gasteiger partial charge is 0.258 e. The van der Waals surface area contributed by atoms with Crippen molar-refractivity contribution in [1.82, 2.24) is 5.32 Å². The molecule has 2 N–H and O–H groups in total. The molecule has 3 rings (SSSR count). The number of amides is 1. The summed E-state index contributed by atoms with van der Waals surface area (Å²) in [4.78, 5) is 12.3. The Hall–Kier alpha value is -2.70. The normalized spacial score (nSPS) is 10.2. The summed E-state index contributed by atoms with van der Waals surface area (Å²) in [6, 6.07) is 25.0. The van der Waals surface area contributed by atoms with Crippen molar-refractivity contribution in [2.45, 2.75) is 12.8 Å². The minimum atomic E-state index is -0.275. The number of aryl methyl sites for hydroxylation is 1. The van der Waals surface area contributed by atoms with Gasteiger partial charge in [0.2, 0.25) is 0 Å². The van der Waals surface area contributed by atoms with Crippen molar-refractivity contribution in [3.05, 3.63) is 94.5 Å². The molecule has 0 saturated heterocycles. The van der Waals surface area contributed by atoms with E-state index >= 15 is 0 Å². The molecule has 0 unspecified atom stereocenters. The van der Waals surface area contributed by atoms with Gasteiger partial charge in [0.05, 0.1) is 12.2 Å². The summed E-state index contributed by atoms with van der Waals surface area (Å²) in [5.41, 5.74) is 2.58. The van der Waals surface area contributed by atoms with Gasteiger partial charge in [0.25, 0.3) is 5.91 Å². The number of anilines is 1. The molecule has 0 aliphatic heterocycles. The van der Waals surface area contributed by atoms with E-state index in [1.807, 2.05) is 54.6 Å². The number of benzene rings is 3. The van der Waals surface area contributed by atoms with Gasteiger partial charge in [-0.15, -0.1) is 0 Å². The van der Waals surface area contributed by atoms with Crippen molar-refractivity contribution in [2.75, 3.05) is 11.9 Å². The molecular formula is C23H21BrN2O2S. The molecule has 0 radical (unpaired) electrons. The molecule has 6 heteroatoms. The fourth-order valence-electron chi connectivity index (χ4n) is 2.75. The van der Waals surface area contributed by atoms with E-state index in [9.17, 15) is 4.79 Å². The van der Waals surface area contributed by atoms with Gasteiger partial charge in [0.1, 0.15) is 5.75 Å². The minimum absolute atomic E-state index is 0.229. The number of halogens is 1. The molecule has 0 aliphatic rings. The zero-order valence-electron chi connectivity index (χ0n) is 15.7. The fourth-order valence-corrected chi connectivity index (χ4v) is 3.43. The molecule has 0 spiro atoms. The quantitative estimate of drug-likeness (QED) is 0.350. The average Bonchev–Trinajstić information content (AvgIpc) is 2.72. The summed E-state index contributed by atoms with van der Waals surface area (Å²) in [6.07, 6.45) is 1.91. The summed E-state index contributed by atoms with van der Waals surface area (Å²) < 4.78 is 6.55. The summed E-state index contributed by atoms with van der Waals surface area (Å²) in [5, 5.41) is 5.94. The molecule has 148 valence electrons. The standard InChI is InChI=1S/C23H21BrN2O2S/c24-21-14-5-4-13-20(21)22(27)26-23(29)25-18-11-6-12-19(16-18)28-15-7-10-17-8-2-1-3-9-17/h1-6,8-9,11-14,16H,7,10,15H2,(H2,25,26,27,29). The Morgan fingerprint density at radius 1 is 0.966 bits per heavy atom. The Kier molecular flexibility index (Phi) is 7.78. The minimum Gasteiger partial charge on any atom is -0.494 e. The summed E-state index contributed by atoms with van der Waals surface area (Å²) in [6.45, 7) is 0.627. The molecule has 0 fully saturated rings. The van der Waals surface area contributed by atoms with Crippen LogP contribution in [0.25, 0.3) is 0 Å². The first-order chi connectivity index (χ1) is 14.1. The maximum absolute atomic E-state index is 12.3. The molecule has 0 heterocycles. The molecule has 29 heavy (non-hydrogen) atoms. The molecular weight excluding hydrogens is 448 g/mol. The molecule has 4 nitrogen and oxygen atoms in total. The van der Waals surface area contributed by atoms with E-state index in [1.165, 1.54) is 5.56 Å². The lowest BCUT2D eigenvalue weighted by atomic mass is 10.1. The second-order valence-corrected chi connectivity index (χ2v) is 7.62. The van der Waals surface area contributed by atoms with E-state index in [1.54, 1.807) is 12.1 Å². The van der Waals surface area contributed by atoms with Crippen molar-refractivity contribution in [3.8, 4) is 5.75 Å². The highest BCUT2D eigenvalue weighted by Gasteiger charge is 2.11. The van der Waals surface area contributed by atoms with Gasteiger partial charge in [-0.3, -0.25) is 10.1 Å². The highest BCUT2D eigenvalue weighted by Crippen LogP contribution is 2.18. The van der Waals surface area contributed by atoms with Crippen molar-refractivity contribution >= 4 is 44.9 Å². The third kappa shape index (κ3) is 6.69. The van der Waals surface area contributed by atoms with E-state index in [0.29, 0.717) is 16.6 Å². The summed E-state index contributed by atoms with van der Waals surface area (Å²) >= 11 is 8.63. The lowest BCUT2D eigenvalue weighted by molar-refractivity contribution is 0.0977. The topological polar surface area (TPSA) is 50.4 Å². The number of carbonyl (C=O) groups excluding carboxylic acids is 1.